The van der Waals surface area contributed by atoms with Gasteiger partial charge < -0.3 is 15.2 Å². The smallest absolute Gasteiger partial charge is 0.251 e. The van der Waals surface area contributed by atoms with Gasteiger partial charge in [-0.3, -0.25) is 9.59 Å². The molecule has 9 nitrogen and oxygen atoms in total. The summed E-state index contributed by atoms with van der Waals surface area (Å²) in [7, 11) is -3.73. The minimum atomic E-state index is -3.73. The number of anilines is 1. The highest BCUT2D eigenvalue weighted by atomic mass is 32.2. The number of hydrogen-bond acceptors (Lipinski definition) is 6. The summed E-state index contributed by atoms with van der Waals surface area (Å²) in [6.45, 7) is 3.46. The van der Waals surface area contributed by atoms with Crippen molar-refractivity contribution in [1.29, 1.82) is 0 Å². The number of nitrogens with zero attached hydrogens (tertiary/aromatic N) is 1. The van der Waals surface area contributed by atoms with Crippen LogP contribution in [0.2, 0.25) is 0 Å². The van der Waals surface area contributed by atoms with Crippen LogP contribution in [0.3, 0.4) is 0 Å². The third kappa shape index (κ3) is 6.24. The van der Waals surface area contributed by atoms with Gasteiger partial charge in [-0.1, -0.05) is 17.3 Å². The molecule has 10 heteroatoms. The van der Waals surface area contributed by atoms with Crippen LogP contribution in [-0.2, 0) is 27.9 Å². The predicted molar refractivity (Wildman–Crippen MR) is 114 cm³/mol. The Kier molecular flexibility index (Phi) is 6.83. The summed E-state index contributed by atoms with van der Waals surface area (Å²) in [6, 6.07) is 14.2. The highest BCUT2D eigenvalue weighted by molar-refractivity contribution is 7.89. The number of nitrogens with one attached hydrogen (secondary N) is 3. The molecule has 1 aromatic heterocycles. The summed E-state index contributed by atoms with van der Waals surface area (Å²) >= 11 is 0. The summed E-state index contributed by atoms with van der Waals surface area (Å²) in [5.74, 6) is 0.158. The number of hydrogen-bond donors (Lipinski definition) is 3. The molecule has 0 fully saturated rings. The van der Waals surface area contributed by atoms with Gasteiger partial charge in [-0.15, -0.1) is 0 Å². The van der Waals surface area contributed by atoms with Crippen LogP contribution in [0.15, 0.2) is 64.0 Å². The van der Waals surface area contributed by atoms with Crippen LogP contribution in [0.5, 0.6) is 0 Å². The van der Waals surface area contributed by atoms with Gasteiger partial charge >= 0.3 is 0 Å². The van der Waals surface area contributed by atoms with Crippen molar-refractivity contribution in [1.82, 2.24) is 15.2 Å². The molecule has 0 bridgehead atoms. The van der Waals surface area contributed by atoms with Crippen LogP contribution in [0.25, 0.3) is 0 Å². The number of sulfonamides is 1. The Labute approximate surface area is 179 Å². The Morgan fingerprint density at radius 1 is 1.00 bits per heavy atom. The summed E-state index contributed by atoms with van der Waals surface area (Å²) in [6.07, 6.45) is 0. The van der Waals surface area contributed by atoms with E-state index in [0.717, 1.165) is 0 Å². The van der Waals surface area contributed by atoms with Crippen molar-refractivity contribution in [3.05, 3.63) is 77.2 Å². The fourth-order valence-corrected chi connectivity index (χ4v) is 3.75. The first kappa shape index (κ1) is 22.2. The van der Waals surface area contributed by atoms with Gasteiger partial charge in [0.05, 0.1) is 11.4 Å². The first-order chi connectivity index (χ1) is 14.7. The third-order valence-corrected chi connectivity index (χ3v) is 5.69. The molecule has 0 aliphatic heterocycles. The molecule has 0 aliphatic carbocycles. The van der Waals surface area contributed by atoms with E-state index in [1.165, 1.54) is 31.2 Å². The Hall–Kier alpha value is -3.50. The lowest BCUT2D eigenvalue weighted by Crippen LogP contribution is -2.24. The van der Waals surface area contributed by atoms with E-state index in [0.29, 0.717) is 28.3 Å². The first-order valence-electron chi connectivity index (χ1n) is 9.39. The van der Waals surface area contributed by atoms with Crippen molar-refractivity contribution >= 4 is 27.5 Å². The quantitative estimate of drug-likeness (QED) is 0.491. The van der Waals surface area contributed by atoms with Gasteiger partial charge in [0.15, 0.2) is 0 Å². The van der Waals surface area contributed by atoms with Crippen molar-refractivity contribution in [3.63, 3.8) is 0 Å². The zero-order chi connectivity index (χ0) is 22.4. The molecule has 3 rings (SSSR count). The number of carbonyl (C=O) groups excluding carboxylic acids is 2. The predicted octanol–water partition coefficient (Wildman–Crippen LogP) is 2.35. The van der Waals surface area contributed by atoms with Crippen molar-refractivity contribution in [2.75, 3.05) is 5.32 Å². The Morgan fingerprint density at radius 3 is 2.26 bits per heavy atom. The Morgan fingerprint density at radius 2 is 1.68 bits per heavy atom. The maximum atomic E-state index is 12.5. The fourth-order valence-electron chi connectivity index (χ4n) is 2.73. The van der Waals surface area contributed by atoms with Gasteiger partial charge in [-0.05, 0) is 48.9 Å². The zero-order valence-corrected chi connectivity index (χ0v) is 17.8. The van der Waals surface area contributed by atoms with Crippen molar-refractivity contribution < 1.29 is 22.5 Å². The SMILES string of the molecule is CC(=O)Nc1ccc(S(=O)(=O)NCc2ccc(C(=O)NCc3cc(C)on3)cc2)cc1. The largest absolute Gasteiger partial charge is 0.361 e. The van der Waals surface area contributed by atoms with E-state index in [1.54, 1.807) is 37.3 Å². The second-order valence-electron chi connectivity index (χ2n) is 6.84. The molecule has 162 valence electrons. The molecule has 3 N–H and O–H groups in total. The number of aryl methyl sites for hydroxylation is 1. The second kappa shape index (κ2) is 9.54. The highest BCUT2D eigenvalue weighted by Crippen LogP contribution is 2.15. The van der Waals surface area contributed by atoms with Crippen LogP contribution in [0.1, 0.15) is 34.3 Å². The van der Waals surface area contributed by atoms with Crippen LogP contribution in [-0.4, -0.2) is 25.4 Å². The summed E-state index contributed by atoms with van der Waals surface area (Å²) < 4.78 is 32.4. The molecular formula is C21H22N4O5S. The molecule has 1 heterocycles. The average Bonchev–Trinajstić information content (AvgIpc) is 3.16. The lowest BCUT2D eigenvalue weighted by atomic mass is 10.1. The van der Waals surface area contributed by atoms with Crippen LogP contribution >= 0.6 is 0 Å². The molecule has 0 spiro atoms. The van der Waals surface area contributed by atoms with Crippen LogP contribution in [0, 0.1) is 6.92 Å². The summed E-state index contributed by atoms with van der Waals surface area (Å²) in [5.41, 5.74) is 2.28. The minimum absolute atomic E-state index is 0.0654. The maximum absolute atomic E-state index is 12.5. The molecule has 3 aromatic rings. The van der Waals surface area contributed by atoms with Gasteiger partial charge in [0.25, 0.3) is 5.91 Å². The summed E-state index contributed by atoms with van der Waals surface area (Å²) in [4.78, 5) is 23.4. The third-order valence-electron chi connectivity index (χ3n) is 4.27. The molecular weight excluding hydrogens is 420 g/mol. The molecule has 0 radical (unpaired) electrons. The Bertz CT molecular complexity index is 1170. The van der Waals surface area contributed by atoms with Crippen LogP contribution in [0.4, 0.5) is 5.69 Å². The number of rotatable bonds is 8. The van der Waals surface area contributed by atoms with Gasteiger partial charge in [-0.25, -0.2) is 13.1 Å². The minimum Gasteiger partial charge on any atom is -0.361 e. The first-order valence-corrected chi connectivity index (χ1v) is 10.9. The number of carbonyl (C=O) groups is 2. The highest BCUT2D eigenvalue weighted by Gasteiger charge is 2.14. The van der Waals surface area contributed by atoms with Crippen molar-refractivity contribution in [3.8, 4) is 0 Å². The van der Waals surface area contributed by atoms with Gasteiger partial charge in [0, 0.05) is 30.8 Å². The topological polar surface area (TPSA) is 130 Å². The standard InChI is InChI=1S/C21H22N4O5S/c1-14-11-19(25-30-14)13-22-21(27)17-5-3-16(4-6-17)12-23-31(28,29)20-9-7-18(8-10-20)24-15(2)26/h3-11,23H,12-13H2,1-2H3,(H,22,27)(H,24,26). The van der Waals surface area contributed by atoms with E-state index in [1.807, 2.05) is 0 Å². The number of benzene rings is 2. The normalized spacial score (nSPS) is 11.2. The van der Waals surface area contributed by atoms with E-state index in [2.05, 4.69) is 20.5 Å². The molecule has 0 unspecified atom stereocenters. The molecule has 0 saturated heterocycles. The van der Waals surface area contributed by atoms with Gasteiger partial charge in [0.1, 0.15) is 11.5 Å². The molecule has 2 amide bonds. The van der Waals surface area contributed by atoms with Crippen LogP contribution < -0.4 is 15.4 Å². The number of amides is 2. The molecule has 2 aromatic carbocycles. The molecule has 0 aliphatic rings. The fraction of sp³-hybridized carbons (Fsp3) is 0.190. The van der Waals surface area contributed by atoms with E-state index < -0.39 is 10.0 Å². The van der Waals surface area contributed by atoms with Gasteiger partial charge in [-0.2, -0.15) is 0 Å². The number of aromatic nitrogens is 1. The molecule has 31 heavy (non-hydrogen) atoms. The second-order valence-corrected chi connectivity index (χ2v) is 8.61. The summed E-state index contributed by atoms with van der Waals surface area (Å²) in [5, 5.41) is 9.13. The average molecular weight is 442 g/mol. The van der Waals surface area contributed by atoms with Crippen molar-refractivity contribution in [2.45, 2.75) is 31.8 Å². The van der Waals surface area contributed by atoms with E-state index in [9.17, 15) is 18.0 Å². The van der Waals surface area contributed by atoms with Crippen molar-refractivity contribution in [2.24, 2.45) is 0 Å². The lowest BCUT2D eigenvalue weighted by Gasteiger charge is -2.09. The molecule has 0 saturated carbocycles. The van der Waals surface area contributed by atoms with Gasteiger partial charge in [0.2, 0.25) is 15.9 Å². The lowest BCUT2D eigenvalue weighted by molar-refractivity contribution is -0.114. The van der Waals surface area contributed by atoms with E-state index >= 15 is 0 Å². The maximum Gasteiger partial charge on any atom is 0.251 e. The van der Waals surface area contributed by atoms with E-state index in [4.69, 9.17) is 4.52 Å². The van der Waals surface area contributed by atoms with E-state index in [-0.39, 0.29) is 29.8 Å². The monoisotopic (exact) mass is 442 g/mol. The Balaban J connectivity index is 1.55. The zero-order valence-electron chi connectivity index (χ0n) is 17.0. The molecule has 0 atom stereocenters.